The van der Waals surface area contributed by atoms with Gasteiger partial charge in [-0.3, -0.25) is 4.90 Å². The standard InChI is InChI=1S/C20H41NOSi2/c1-19(2)15-18(16-20(3,4)21(19)5)24(6,7)22-23-14-13-17-11-9-8-10-12-17/h8-9,17-18H,10-16,23H2,1-7H3. The molecule has 140 valence electrons. The van der Waals surface area contributed by atoms with Crippen LogP contribution in [0.2, 0.25) is 24.7 Å². The molecule has 0 aromatic carbocycles. The summed E-state index contributed by atoms with van der Waals surface area (Å²) >= 11 is 0. The summed E-state index contributed by atoms with van der Waals surface area (Å²) in [6, 6.07) is 1.38. The number of hydrogen-bond acceptors (Lipinski definition) is 2. The second-order valence-electron chi connectivity index (χ2n) is 10.0. The fourth-order valence-corrected chi connectivity index (χ4v) is 11.2. The number of rotatable bonds is 6. The molecule has 0 bridgehead atoms. The molecule has 1 atom stereocenters. The van der Waals surface area contributed by atoms with E-state index < -0.39 is 8.32 Å². The lowest BCUT2D eigenvalue weighted by Gasteiger charge is -2.56. The van der Waals surface area contributed by atoms with Crippen molar-refractivity contribution in [1.82, 2.24) is 4.90 Å². The molecule has 0 saturated carbocycles. The van der Waals surface area contributed by atoms with Gasteiger partial charge < -0.3 is 4.12 Å². The van der Waals surface area contributed by atoms with Gasteiger partial charge in [0.1, 0.15) is 9.76 Å². The van der Waals surface area contributed by atoms with E-state index in [1.54, 1.807) is 0 Å². The lowest BCUT2D eigenvalue weighted by molar-refractivity contribution is -0.00466. The van der Waals surface area contributed by atoms with Crippen LogP contribution in [0.25, 0.3) is 0 Å². The first kappa shape index (κ1) is 20.4. The minimum absolute atomic E-state index is 0.288. The number of nitrogens with zero attached hydrogens (tertiary/aromatic N) is 1. The molecule has 1 fully saturated rings. The van der Waals surface area contributed by atoms with Gasteiger partial charge in [0.2, 0.25) is 0 Å². The van der Waals surface area contributed by atoms with Crippen molar-refractivity contribution >= 4 is 18.1 Å². The predicted molar refractivity (Wildman–Crippen MR) is 112 cm³/mol. The van der Waals surface area contributed by atoms with Crippen LogP contribution in [0.5, 0.6) is 0 Å². The number of allylic oxidation sites excluding steroid dienone is 2. The molecule has 0 radical (unpaired) electrons. The van der Waals surface area contributed by atoms with Crippen LogP contribution in [0, 0.1) is 5.92 Å². The molecular formula is C20H41NOSi2. The van der Waals surface area contributed by atoms with Crippen LogP contribution in [0.1, 0.15) is 66.2 Å². The van der Waals surface area contributed by atoms with Crippen LogP contribution in [0.15, 0.2) is 12.2 Å². The van der Waals surface area contributed by atoms with Crippen molar-refractivity contribution in [3.05, 3.63) is 12.2 Å². The van der Waals surface area contributed by atoms with E-state index in [0.717, 1.165) is 11.5 Å². The molecule has 24 heavy (non-hydrogen) atoms. The molecule has 1 aliphatic heterocycles. The quantitative estimate of drug-likeness (QED) is 0.367. The largest absolute Gasteiger partial charge is 0.460 e. The van der Waals surface area contributed by atoms with E-state index in [-0.39, 0.29) is 20.8 Å². The maximum atomic E-state index is 6.72. The third-order valence-corrected chi connectivity index (χ3v) is 13.8. The predicted octanol–water partition coefficient (Wildman–Crippen LogP) is 5.11. The van der Waals surface area contributed by atoms with Crippen molar-refractivity contribution in [2.45, 2.75) is 102 Å². The maximum absolute atomic E-state index is 6.72. The summed E-state index contributed by atoms with van der Waals surface area (Å²) in [6.45, 7) is 14.6. The lowest BCUT2D eigenvalue weighted by Crippen LogP contribution is -2.60. The summed E-state index contributed by atoms with van der Waals surface area (Å²) in [5.74, 6) is 0.942. The van der Waals surface area contributed by atoms with Crippen LogP contribution in [-0.4, -0.2) is 41.1 Å². The summed E-state index contributed by atoms with van der Waals surface area (Å²) in [4.78, 5) is 2.59. The van der Waals surface area contributed by atoms with E-state index >= 15 is 0 Å². The van der Waals surface area contributed by atoms with Gasteiger partial charge in [0.25, 0.3) is 0 Å². The smallest absolute Gasteiger partial charge is 0.176 e. The third kappa shape index (κ3) is 5.06. The van der Waals surface area contributed by atoms with Crippen LogP contribution in [0.3, 0.4) is 0 Å². The summed E-state index contributed by atoms with van der Waals surface area (Å²) < 4.78 is 6.72. The summed E-state index contributed by atoms with van der Waals surface area (Å²) in [5, 5.41) is 0. The Balaban J connectivity index is 1.84. The molecule has 1 heterocycles. The summed E-state index contributed by atoms with van der Waals surface area (Å²) in [5.41, 5.74) is 1.37. The van der Waals surface area contributed by atoms with Gasteiger partial charge in [-0.15, -0.1) is 0 Å². The zero-order valence-corrected chi connectivity index (χ0v) is 19.7. The third-order valence-electron chi connectivity index (χ3n) is 6.90. The lowest BCUT2D eigenvalue weighted by atomic mass is 9.80. The molecule has 0 amide bonds. The molecular weight excluding hydrogens is 326 g/mol. The zero-order valence-electron chi connectivity index (χ0n) is 17.3. The first-order valence-electron chi connectivity index (χ1n) is 10.1. The highest BCUT2D eigenvalue weighted by Crippen LogP contribution is 2.47. The molecule has 0 spiro atoms. The molecule has 1 saturated heterocycles. The van der Waals surface area contributed by atoms with Crippen LogP contribution in [0.4, 0.5) is 0 Å². The first-order valence-corrected chi connectivity index (χ1v) is 14.6. The van der Waals surface area contributed by atoms with Crippen LogP contribution in [-0.2, 0) is 4.12 Å². The van der Waals surface area contributed by atoms with E-state index in [0.29, 0.717) is 0 Å². The second kappa shape index (κ2) is 7.77. The van der Waals surface area contributed by atoms with Crippen molar-refractivity contribution in [2.75, 3.05) is 7.05 Å². The molecule has 2 nitrogen and oxygen atoms in total. The molecule has 4 heteroatoms. The second-order valence-corrected chi connectivity index (χ2v) is 16.3. The van der Waals surface area contributed by atoms with Gasteiger partial charge in [-0.2, -0.15) is 0 Å². The molecule has 1 unspecified atom stereocenters. The van der Waals surface area contributed by atoms with Gasteiger partial charge in [0.15, 0.2) is 8.32 Å². The monoisotopic (exact) mass is 367 g/mol. The molecule has 0 aromatic heterocycles. The Kier molecular flexibility index (Phi) is 6.61. The van der Waals surface area contributed by atoms with Crippen molar-refractivity contribution in [3.63, 3.8) is 0 Å². The van der Waals surface area contributed by atoms with Crippen LogP contribution < -0.4 is 0 Å². The van der Waals surface area contributed by atoms with E-state index in [1.807, 2.05) is 0 Å². The van der Waals surface area contributed by atoms with Crippen LogP contribution >= 0.6 is 0 Å². The number of likely N-dealkylation sites (tertiary alicyclic amines) is 1. The van der Waals surface area contributed by atoms with Gasteiger partial charge in [0, 0.05) is 11.1 Å². The highest BCUT2D eigenvalue weighted by atomic mass is 28.4. The Hall–Kier alpha value is 0.0938. The zero-order chi connectivity index (χ0) is 18.0. The first-order chi connectivity index (χ1) is 11.0. The fourth-order valence-electron chi connectivity index (χ4n) is 4.81. The summed E-state index contributed by atoms with van der Waals surface area (Å²) in [6.07, 6.45) is 12.8. The average molecular weight is 368 g/mol. The normalized spacial score (nSPS) is 28.7. The van der Waals surface area contributed by atoms with Gasteiger partial charge in [-0.25, -0.2) is 0 Å². The number of hydrogen-bond donors (Lipinski definition) is 0. The topological polar surface area (TPSA) is 12.5 Å². The Labute approximate surface area is 154 Å². The molecule has 0 aromatic rings. The molecule has 2 rings (SSSR count). The molecule has 0 N–H and O–H groups in total. The van der Waals surface area contributed by atoms with Gasteiger partial charge in [0.05, 0.1) is 0 Å². The number of piperidine rings is 1. The van der Waals surface area contributed by atoms with E-state index in [1.165, 1.54) is 44.6 Å². The van der Waals surface area contributed by atoms with E-state index in [9.17, 15) is 0 Å². The van der Waals surface area contributed by atoms with Gasteiger partial charge in [-0.1, -0.05) is 18.6 Å². The Morgan fingerprint density at radius 2 is 1.75 bits per heavy atom. The average Bonchev–Trinajstić information content (AvgIpc) is 2.49. The fraction of sp³-hybridized carbons (Fsp3) is 0.900. The van der Waals surface area contributed by atoms with Crippen molar-refractivity contribution in [2.24, 2.45) is 5.92 Å². The van der Waals surface area contributed by atoms with E-state index in [4.69, 9.17) is 4.12 Å². The van der Waals surface area contributed by atoms with Gasteiger partial charge in [-0.05, 0) is 97.4 Å². The van der Waals surface area contributed by atoms with Gasteiger partial charge >= 0.3 is 0 Å². The van der Waals surface area contributed by atoms with Crippen molar-refractivity contribution < 1.29 is 4.12 Å². The van der Waals surface area contributed by atoms with Crippen molar-refractivity contribution in [3.8, 4) is 0 Å². The minimum Gasteiger partial charge on any atom is -0.460 e. The maximum Gasteiger partial charge on any atom is 0.176 e. The molecule has 1 aliphatic carbocycles. The Bertz CT molecular complexity index is 427. The highest BCUT2D eigenvalue weighted by molar-refractivity contribution is 6.76. The highest BCUT2D eigenvalue weighted by Gasteiger charge is 2.48. The minimum atomic E-state index is -1.58. The summed E-state index contributed by atoms with van der Waals surface area (Å²) in [7, 11) is 0.385. The van der Waals surface area contributed by atoms with Crippen molar-refractivity contribution in [1.29, 1.82) is 0 Å². The Morgan fingerprint density at radius 1 is 1.12 bits per heavy atom. The SMILES string of the molecule is CN1C(C)(C)CC([Si](C)(C)O[SiH2]CCC2CC=CCC2)CC1(C)C. The molecule has 2 aliphatic rings. The van der Waals surface area contributed by atoms with E-state index in [2.05, 4.69) is 64.9 Å². The Morgan fingerprint density at radius 3 is 2.29 bits per heavy atom.